The van der Waals surface area contributed by atoms with Crippen LogP contribution in [0.4, 0.5) is 0 Å². The summed E-state index contributed by atoms with van der Waals surface area (Å²) in [6.07, 6.45) is 2.89. The summed E-state index contributed by atoms with van der Waals surface area (Å²) in [5, 5.41) is 0. The first-order valence-electron chi connectivity index (χ1n) is 8.09. The molecule has 1 heterocycles. The van der Waals surface area contributed by atoms with E-state index < -0.39 is 10.0 Å². The van der Waals surface area contributed by atoms with Gasteiger partial charge in [-0.1, -0.05) is 6.07 Å². The number of ether oxygens (including phenoxy) is 1. The van der Waals surface area contributed by atoms with Crippen molar-refractivity contribution in [2.75, 3.05) is 33.4 Å². The Morgan fingerprint density at radius 2 is 2.16 bits per heavy atom. The Hall–Kier alpha value is -1.19. The zero-order valence-corrected chi connectivity index (χ0v) is 15.9. The van der Waals surface area contributed by atoms with Crippen LogP contribution in [0.3, 0.4) is 0 Å². The second kappa shape index (κ2) is 10.1. The van der Waals surface area contributed by atoms with E-state index in [0.717, 1.165) is 19.3 Å². The maximum Gasteiger partial charge on any atom is 0.254 e. The fourth-order valence-corrected chi connectivity index (χ4v) is 3.90. The molecule has 9 heteroatoms. The van der Waals surface area contributed by atoms with Gasteiger partial charge < -0.3 is 15.4 Å². The minimum Gasteiger partial charge on any atom is -0.383 e. The average molecular weight is 392 g/mol. The second-order valence-corrected chi connectivity index (χ2v) is 7.57. The van der Waals surface area contributed by atoms with E-state index in [9.17, 15) is 13.2 Å². The van der Waals surface area contributed by atoms with Gasteiger partial charge in [0.05, 0.1) is 11.5 Å². The smallest absolute Gasteiger partial charge is 0.254 e. The third kappa shape index (κ3) is 5.65. The predicted molar refractivity (Wildman–Crippen MR) is 98.5 cm³/mol. The molecular weight excluding hydrogens is 366 g/mol. The van der Waals surface area contributed by atoms with Crippen molar-refractivity contribution < 1.29 is 17.9 Å². The van der Waals surface area contributed by atoms with Crippen LogP contribution in [0.2, 0.25) is 0 Å². The van der Waals surface area contributed by atoms with Gasteiger partial charge in [0.2, 0.25) is 10.0 Å². The molecule has 0 saturated carbocycles. The highest BCUT2D eigenvalue weighted by molar-refractivity contribution is 7.89. The molecule has 1 aliphatic rings. The van der Waals surface area contributed by atoms with Gasteiger partial charge in [0.1, 0.15) is 0 Å². The molecule has 0 spiro atoms. The van der Waals surface area contributed by atoms with Crippen molar-refractivity contribution in [3.05, 3.63) is 29.8 Å². The lowest BCUT2D eigenvalue weighted by atomic mass is 10.0. The second-order valence-electron chi connectivity index (χ2n) is 5.80. The van der Waals surface area contributed by atoms with Crippen molar-refractivity contribution in [1.29, 1.82) is 0 Å². The Labute approximate surface area is 155 Å². The number of likely N-dealkylation sites (tertiary alicyclic amines) is 1. The zero-order valence-electron chi connectivity index (χ0n) is 14.3. The topological polar surface area (TPSA) is 102 Å². The molecule has 1 aliphatic heterocycles. The van der Waals surface area contributed by atoms with Crippen LogP contribution in [-0.4, -0.2) is 58.6 Å². The van der Waals surface area contributed by atoms with Crippen molar-refractivity contribution in [1.82, 2.24) is 9.62 Å². The Morgan fingerprint density at radius 1 is 1.40 bits per heavy atom. The highest BCUT2D eigenvalue weighted by Gasteiger charge is 2.27. The third-order valence-corrected chi connectivity index (χ3v) is 5.61. The zero-order chi connectivity index (χ0) is 17.6. The molecule has 7 nitrogen and oxygen atoms in total. The number of halogens is 1. The number of nitrogens with zero attached hydrogens (tertiary/aromatic N) is 1. The fourth-order valence-electron chi connectivity index (χ4n) is 2.84. The molecule has 1 atom stereocenters. The van der Waals surface area contributed by atoms with Crippen LogP contribution in [0.1, 0.15) is 29.6 Å². The maximum atomic E-state index is 12.7. The summed E-state index contributed by atoms with van der Waals surface area (Å²) in [5.74, 6) is -0.168. The monoisotopic (exact) mass is 391 g/mol. The number of rotatable bonds is 7. The van der Waals surface area contributed by atoms with E-state index in [1.54, 1.807) is 17.0 Å². The summed E-state index contributed by atoms with van der Waals surface area (Å²) >= 11 is 0. The van der Waals surface area contributed by atoms with E-state index >= 15 is 0 Å². The molecule has 0 bridgehead atoms. The number of sulfonamides is 1. The molecule has 142 valence electrons. The normalized spacial score (nSPS) is 17.8. The van der Waals surface area contributed by atoms with Gasteiger partial charge in [0.25, 0.3) is 5.91 Å². The van der Waals surface area contributed by atoms with E-state index in [0.29, 0.717) is 18.7 Å². The molecule has 1 saturated heterocycles. The molecule has 0 aliphatic carbocycles. The van der Waals surface area contributed by atoms with Gasteiger partial charge in [-0.05, 0) is 37.5 Å². The summed E-state index contributed by atoms with van der Waals surface area (Å²) in [6.45, 7) is 1.54. The van der Waals surface area contributed by atoms with E-state index in [2.05, 4.69) is 4.72 Å². The van der Waals surface area contributed by atoms with E-state index in [-0.39, 0.29) is 42.4 Å². The molecule has 1 aromatic carbocycles. The summed E-state index contributed by atoms with van der Waals surface area (Å²) in [5.41, 5.74) is 6.13. The van der Waals surface area contributed by atoms with E-state index in [4.69, 9.17) is 10.5 Å². The Morgan fingerprint density at radius 3 is 2.84 bits per heavy atom. The van der Waals surface area contributed by atoms with Crippen LogP contribution in [0.15, 0.2) is 29.2 Å². The number of nitrogens with two attached hydrogens (primary N) is 1. The number of piperidine rings is 1. The van der Waals surface area contributed by atoms with Crippen LogP contribution >= 0.6 is 12.4 Å². The van der Waals surface area contributed by atoms with Crippen molar-refractivity contribution in [2.45, 2.75) is 30.2 Å². The van der Waals surface area contributed by atoms with Gasteiger partial charge in [0.15, 0.2) is 0 Å². The van der Waals surface area contributed by atoms with Gasteiger partial charge in [-0.3, -0.25) is 4.79 Å². The number of amides is 1. The summed E-state index contributed by atoms with van der Waals surface area (Å²) < 4.78 is 31.8. The Balaban J connectivity index is 0.00000312. The molecule has 3 N–H and O–H groups in total. The van der Waals surface area contributed by atoms with Gasteiger partial charge in [-0.15, -0.1) is 12.4 Å². The number of carbonyl (C=O) groups is 1. The summed E-state index contributed by atoms with van der Waals surface area (Å²) in [7, 11) is -2.16. The van der Waals surface area contributed by atoms with Crippen LogP contribution in [0.25, 0.3) is 0 Å². The SMILES string of the molecule is COCCNS(=O)(=O)c1cccc(C(=O)N2CCCCC2CN)c1.Cl. The molecule has 1 aromatic rings. The fraction of sp³-hybridized carbons (Fsp3) is 0.562. The first-order valence-corrected chi connectivity index (χ1v) is 9.57. The van der Waals surface area contributed by atoms with Crippen molar-refractivity contribution in [2.24, 2.45) is 5.73 Å². The van der Waals surface area contributed by atoms with Crippen LogP contribution < -0.4 is 10.5 Å². The number of methoxy groups -OCH3 is 1. The lowest BCUT2D eigenvalue weighted by Gasteiger charge is -2.35. The van der Waals surface area contributed by atoms with Gasteiger partial charge in [0, 0.05) is 38.3 Å². The van der Waals surface area contributed by atoms with Crippen LogP contribution in [-0.2, 0) is 14.8 Å². The molecule has 1 amide bonds. The number of carbonyl (C=O) groups excluding carboxylic acids is 1. The average Bonchev–Trinajstić information content (AvgIpc) is 2.61. The third-order valence-electron chi connectivity index (χ3n) is 4.15. The van der Waals surface area contributed by atoms with Crippen molar-refractivity contribution in [3.8, 4) is 0 Å². The summed E-state index contributed by atoms with van der Waals surface area (Å²) in [4.78, 5) is 14.6. The first-order chi connectivity index (χ1) is 11.5. The molecule has 0 radical (unpaired) electrons. The lowest BCUT2D eigenvalue weighted by molar-refractivity contribution is 0.0623. The molecule has 1 fully saturated rings. The quantitative estimate of drug-likeness (QED) is 0.675. The maximum absolute atomic E-state index is 12.7. The highest BCUT2D eigenvalue weighted by Crippen LogP contribution is 2.20. The minimum absolute atomic E-state index is 0. The van der Waals surface area contributed by atoms with Crippen molar-refractivity contribution >= 4 is 28.3 Å². The van der Waals surface area contributed by atoms with Gasteiger partial charge in [-0.2, -0.15) is 0 Å². The molecule has 0 aromatic heterocycles. The minimum atomic E-state index is -3.66. The van der Waals surface area contributed by atoms with Crippen LogP contribution in [0.5, 0.6) is 0 Å². The van der Waals surface area contributed by atoms with E-state index in [1.807, 2.05) is 0 Å². The molecule has 1 unspecified atom stereocenters. The number of hydrogen-bond donors (Lipinski definition) is 2. The molecule has 2 rings (SSSR count). The largest absolute Gasteiger partial charge is 0.383 e. The number of benzene rings is 1. The van der Waals surface area contributed by atoms with E-state index in [1.165, 1.54) is 19.2 Å². The predicted octanol–water partition coefficient (Wildman–Crippen LogP) is 0.986. The van der Waals surface area contributed by atoms with Crippen LogP contribution in [0, 0.1) is 0 Å². The first kappa shape index (κ1) is 21.9. The van der Waals surface area contributed by atoms with Gasteiger partial charge >= 0.3 is 0 Å². The lowest BCUT2D eigenvalue weighted by Crippen LogP contribution is -2.47. The van der Waals surface area contributed by atoms with Gasteiger partial charge in [-0.25, -0.2) is 13.1 Å². The number of hydrogen-bond acceptors (Lipinski definition) is 5. The highest BCUT2D eigenvalue weighted by atomic mass is 35.5. The number of nitrogens with one attached hydrogen (secondary N) is 1. The van der Waals surface area contributed by atoms with Crippen molar-refractivity contribution in [3.63, 3.8) is 0 Å². The standard InChI is InChI=1S/C16H25N3O4S.ClH/c1-23-10-8-18-24(21,22)15-7-4-5-13(11-15)16(20)19-9-3-2-6-14(19)12-17;/h4-5,7,11,14,18H,2-3,6,8-10,12,17H2,1H3;1H. The Bertz CT molecular complexity index is 669. The molecule has 25 heavy (non-hydrogen) atoms. The summed E-state index contributed by atoms with van der Waals surface area (Å²) in [6, 6.07) is 6.13. The Kier molecular flexibility index (Phi) is 8.81. The molecular formula is C16H26ClN3O4S.